The average Bonchev–Trinajstić information content (AvgIpc) is 2.30. The summed E-state index contributed by atoms with van der Waals surface area (Å²) >= 11 is 0. The van der Waals surface area contributed by atoms with Crippen LogP contribution in [0.1, 0.15) is 17.3 Å². The van der Waals surface area contributed by atoms with Crippen LogP contribution in [0.5, 0.6) is 5.75 Å². The zero-order valence-corrected chi connectivity index (χ0v) is 9.00. The minimum Gasteiger partial charge on any atom is -0.503 e. The molecule has 0 fully saturated rings. The summed E-state index contributed by atoms with van der Waals surface area (Å²) < 4.78 is 38.9. The number of hydrogen-bond donors (Lipinski definition) is 3. The molecule has 0 aliphatic rings. The van der Waals surface area contributed by atoms with Crippen LogP contribution in [-0.4, -0.2) is 28.1 Å². The minimum absolute atomic E-state index is 0.230. The normalized spacial score (nSPS) is 12.0. The maximum absolute atomic E-state index is 13.3. The number of rotatable bonds is 3. The molecule has 1 aromatic carbocycles. The maximum atomic E-state index is 13.3. The summed E-state index contributed by atoms with van der Waals surface area (Å²) in [5.41, 5.74) is -0.987. The van der Waals surface area contributed by atoms with Crippen molar-refractivity contribution in [2.75, 3.05) is 0 Å². The molecule has 8 heteroatoms. The zero-order valence-electron chi connectivity index (χ0n) is 9.00. The predicted octanol–water partition coefficient (Wildman–Crippen LogP) is 1.01. The van der Waals surface area contributed by atoms with Gasteiger partial charge < -0.3 is 15.5 Å². The van der Waals surface area contributed by atoms with Crippen LogP contribution in [0.4, 0.5) is 13.2 Å². The first-order valence-electron chi connectivity index (χ1n) is 4.65. The fourth-order valence-corrected chi connectivity index (χ4v) is 1.09. The second-order valence-electron chi connectivity index (χ2n) is 3.42. The summed E-state index contributed by atoms with van der Waals surface area (Å²) in [6.45, 7) is 1.10. The molecule has 0 aliphatic heterocycles. The van der Waals surface area contributed by atoms with Gasteiger partial charge in [0.2, 0.25) is 5.82 Å². The number of amides is 1. The number of carboxylic acids is 1. The summed E-state index contributed by atoms with van der Waals surface area (Å²) in [7, 11) is 0. The molecule has 0 saturated carbocycles. The Morgan fingerprint density at radius 3 is 2.33 bits per heavy atom. The van der Waals surface area contributed by atoms with Gasteiger partial charge in [-0.15, -0.1) is 0 Å². The van der Waals surface area contributed by atoms with Crippen molar-refractivity contribution in [1.82, 2.24) is 5.32 Å². The molecule has 1 amide bonds. The molecule has 1 rings (SSSR count). The Kier molecular flexibility index (Phi) is 3.79. The van der Waals surface area contributed by atoms with Crippen LogP contribution in [-0.2, 0) is 4.79 Å². The molecule has 0 heterocycles. The zero-order chi connectivity index (χ0) is 14.0. The highest BCUT2D eigenvalue weighted by molar-refractivity contribution is 5.97. The topological polar surface area (TPSA) is 86.6 Å². The van der Waals surface area contributed by atoms with Crippen molar-refractivity contribution >= 4 is 11.9 Å². The molecule has 0 aliphatic carbocycles. The third-order valence-corrected chi connectivity index (χ3v) is 2.10. The molecule has 0 radical (unpaired) electrons. The fourth-order valence-electron chi connectivity index (χ4n) is 1.09. The Balaban J connectivity index is 3.11. The number of aliphatic carboxylic acids is 1. The van der Waals surface area contributed by atoms with Crippen molar-refractivity contribution in [1.29, 1.82) is 0 Å². The van der Waals surface area contributed by atoms with E-state index in [1.807, 2.05) is 5.32 Å². The fraction of sp³-hybridized carbons (Fsp3) is 0.200. The highest BCUT2D eigenvalue weighted by Gasteiger charge is 2.24. The average molecular weight is 263 g/mol. The predicted molar refractivity (Wildman–Crippen MR) is 52.5 cm³/mol. The number of carboxylic acid groups (broad SMARTS) is 1. The van der Waals surface area contributed by atoms with Gasteiger partial charge in [-0.05, 0) is 13.0 Å². The van der Waals surface area contributed by atoms with E-state index in [0.717, 1.165) is 6.92 Å². The van der Waals surface area contributed by atoms with Gasteiger partial charge in [0, 0.05) is 0 Å². The van der Waals surface area contributed by atoms with Gasteiger partial charge in [0.1, 0.15) is 6.04 Å². The third kappa shape index (κ3) is 2.53. The molecule has 1 aromatic rings. The Hall–Kier alpha value is -2.25. The molecule has 0 spiro atoms. The first-order valence-corrected chi connectivity index (χ1v) is 4.65. The van der Waals surface area contributed by atoms with E-state index >= 15 is 0 Å². The molecule has 0 aromatic heterocycles. The third-order valence-electron chi connectivity index (χ3n) is 2.10. The summed E-state index contributed by atoms with van der Waals surface area (Å²) in [4.78, 5) is 21.8. The maximum Gasteiger partial charge on any atom is 0.325 e. The van der Waals surface area contributed by atoms with Crippen LogP contribution in [0.15, 0.2) is 6.07 Å². The molecule has 0 saturated heterocycles. The van der Waals surface area contributed by atoms with Crippen molar-refractivity contribution in [2.45, 2.75) is 13.0 Å². The number of carbonyl (C=O) groups is 2. The molecule has 1 atom stereocenters. The van der Waals surface area contributed by atoms with Crippen LogP contribution in [0, 0.1) is 17.5 Å². The lowest BCUT2D eigenvalue weighted by atomic mass is 10.1. The lowest BCUT2D eigenvalue weighted by molar-refractivity contribution is -0.138. The number of benzene rings is 1. The largest absolute Gasteiger partial charge is 0.503 e. The lowest BCUT2D eigenvalue weighted by Gasteiger charge is -2.10. The van der Waals surface area contributed by atoms with E-state index in [1.54, 1.807) is 0 Å². The molecular formula is C10H8F3NO4. The van der Waals surface area contributed by atoms with Crippen LogP contribution in [0.25, 0.3) is 0 Å². The van der Waals surface area contributed by atoms with E-state index in [-0.39, 0.29) is 6.07 Å². The van der Waals surface area contributed by atoms with Crippen LogP contribution in [0.3, 0.4) is 0 Å². The Labute approximate surface area is 98.8 Å². The summed E-state index contributed by atoms with van der Waals surface area (Å²) in [6, 6.07) is -1.12. The number of halogens is 3. The molecule has 5 nitrogen and oxygen atoms in total. The second kappa shape index (κ2) is 4.94. The first-order chi connectivity index (χ1) is 8.25. The molecule has 18 heavy (non-hydrogen) atoms. The Bertz CT molecular complexity index is 518. The highest BCUT2D eigenvalue weighted by atomic mass is 19.2. The smallest absolute Gasteiger partial charge is 0.325 e. The number of aromatic hydroxyl groups is 1. The Morgan fingerprint density at radius 1 is 1.28 bits per heavy atom. The number of carbonyl (C=O) groups excluding carboxylic acids is 1. The van der Waals surface area contributed by atoms with E-state index < -0.39 is 46.7 Å². The summed E-state index contributed by atoms with van der Waals surface area (Å²) in [6.07, 6.45) is 0. The van der Waals surface area contributed by atoms with Gasteiger partial charge in [-0.3, -0.25) is 9.59 Å². The van der Waals surface area contributed by atoms with Crippen LogP contribution >= 0.6 is 0 Å². The Morgan fingerprint density at radius 2 is 1.83 bits per heavy atom. The van der Waals surface area contributed by atoms with Crippen molar-refractivity contribution in [2.24, 2.45) is 0 Å². The van der Waals surface area contributed by atoms with Gasteiger partial charge in [-0.1, -0.05) is 0 Å². The lowest BCUT2D eigenvalue weighted by Crippen LogP contribution is -2.38. The van der Waals surface area contributed by atoms with Gasteiger partial charge in [0.05, 0.1) is 5.56 Å². The molecule has 0 unspecified atom stereocenters. The van der Waals surface area contributed by atoms with Crippen LogP contribution < -0.4 is 5.32 Å². The molecule has 98 valence electrons. The molecular weight excluding hydrogens is 255 g/mol. The van der Waals surface area contributed by atoms with E-state index in [9.17, 15) is 22.8 Å². The monoisotopic (exact) mass is 263 g/mol. The van der Waals surface area contributed by atoms with Gasteiger partial charge in [0.25, 0.3) is 5.91 Å². The quantitative estimate of drug-likeness (QED) is 0.710. The van der Waals surface area contributed by atoms with Crippen LogP contribution in [0.2, 0.25) is 0 Å². The van der Waals surface area contributed by atoms with Crippen molar-refractivity contribution in [3.8, 4) is 5.75 Å². The number of nitrogens with one attached hydrogen (secondary N) is 1. The second-order valence-corrected chi connectivity index (χ2v) is 3.42. The number of hydrogen-bond acceptors (Lipinski definition) is 3. The first kappa shape index (κ1) is 13.8. The van der Waals surface area contributed by atoms with E-state index in [4.69, 9.17) is 10.2 Å². The van der Waals surface area contributed by atoms with E-state index in [0.29, 0.717) is 0 Å². The molecule has 3 N–H and O–H groups in total. The summed E-state index contributed by atoms with van der Waals surface area (Å²) in [5.74, 6) is -9.42. The van der Waals surface area contributed by atoms with E-state index in [1.165, 1.54) is 0 Å². The van der Waals surface area contributed by atoms with Crippen molar-refractivity contribution < 1.29 is 33.0 Å². The van der Waals surface area contributed by atoms with Gasteiger partial charge in [-0.25, -0.2) is 8.78 Å². The van der Waals surface area contributed by atoms with Gasteiger partial charge >= 0.3 is 5.97 Å². The number of phenolic OH excluding ortho intramolecular Hbond substituents is 1. The van der Waals surface area contributed by atoms with Crippen molar-refractivity contribution in [3.05, 3.63) is 29.1 Å². The number of phenols is 1. The minimum atomic E-state index is -1.82. The SMILES string of the molecule is C[C@@H](NC(=O)c1cc(F)c(F)c(O)c1F)C(=O)O. The van der Waals surface area contributed by atoms with Gasteiger partial charge in [0.15, 0.2) is 17.4 Å². The summed E-state index contributed by atoms with van der Waals surface area (Å²) in [5, 5.41) is 19.2. The van der Waals surface area contributed by atoms with E-state index in [2.05, 4.69) is 0 Å². The standard InChI is InChI=1S/C10H8F3NO4/c1-3(10(17)18)14-9(16)4-2-5(11)7(13)8(15)6(4)12/h2-3,15H,1H3,(H,14,16)(H,17,18)/t3-/m1/s1. The highest BCUT2D eigenvalue weighted by Crippen LogP contribution is 2.25. The van der Waals surface area contributed by atoms with Crippen molar-refractivity contribution in [3.63, 3.8) is 0 Å². The van der Waals surface area contributed by atoms with Gasteiger partial charge in [-0.2, -0.15) is 4.39 Å². The molecule has 0 bridgehead atoms.